The molecule has 0 radical (unpaired) electrons. The number of methoxy groups -OCH3 is 2. The zero-order valence-electron chi connectivity index (χ0n) is 17.7. The summed E-state index contributed by atoms with van der Waals surface area (Å²) in [5, 5.41) is 4.21. The predicted octanol–water partition coefficient (Wildman–Crippen LogP) is 2.54. The van der Waals surface area contributed by atoms with Crippen LogP contribution in [-0.4, -0.2) is 51.3 Å². The second kappa shape index (κ2) is 9.44. The molecule has 0 atom stereocenters. The van der Waals surface area contributed by atoms with Crippen molar-refractivity contribution in [2.24, 2.45) is 5.92 Å². The normalized spacial score (nSPS) is 19.8. The summed E-state index contributed by atoms with van der Waals surface area (Å²) in [6.45, 7) is 4.91. The van der Waals surface area contributed by atoms with Crippen molar-refractivity contribution < 1.29 is 32.3 Å². The molecular weight excluding hydrogens is 432 g/mol. The third-order valence-electron chi connectivity index (χ3n) is 5.04. The van der Waals surface area contributed by atoms with Gasteiger partial charge in [0.25, 0.3) is 0 Å². The van der Waals surface area contributed by atoms with Crippen LogP contribution in [0.15, 0.2) is 5.38 Å². The average molecular weight is 461 g/mol. The van der Waals surface area contributed by atoms with E-state index in [9.17, 15) is 22.8 Å². The molecule has 9 nitrogen and oxygen atoms in total. The highest BCUT2D eigenvalue weighted by atomic mass is 32.2. The van der Waals surface area contributed by atoms with Crippen molar-refractivity contribution in [2.45, 2.75) is 57.2 Å². The Kier molecular flexibility index (Phi) is 7.64. The maximum atomic E-state index is 12.7. The van der Waals surface area contributed by atoms with Crippen LogP contribution in [0.25, 0.3) is 0 Å². The van der Waals surface area contributed by atoms with Gasteiger partial charge in [-0.3, -0.25) is 4.79 Å². The van der Waals surface area contributed by atoms with Gasteiger partial charge < -0.3 is 14.8 Å². The highest BCUT2D eigenvalue weighted by molar-refractivity contribution is 7.90. The highest BCUT2D eigenvalue weighted by Gasteiger charge is 2.34. The molecule has 0 unspecified atom stereocenters. The summed E-state index contributed by atoms with van der Waals surface area (Å²) in [5.41, 5.74) is 0.169. The minimum Gasteiger partial charge on any atom is -0.465 e. The number of carbonyl (C=O) groups excluding carboxylic acids is 3. The molecule has 11 heteroatoms. The summed E-state index contributed by atoms with van der Waals surface area (Å²) in [7, 11) is -1.06. The number of sulfonamides is 1. The maximum absolute atomic E-state index is 12.7. The lowest BCUT2D eigenvalue weighted by molar-refractivity contribution is -0.120. The molecule has 2 N–H and O–H groups in total. The van der Waals surface area contributed by atoms with E-state index in [4.69, 9.17) is 4.74 Å². The molecule has 1 heterocycles. The van der Waals surface area contributed by atoms with Crippen LogP contribution in [-0.2, 0) is 24.3 Å². The van der Waals surface area contributed by atoms with E-state index in [1.54, 1.807) is 20.8 Å². The summed E-state index contributed by atoms with van der Waals surface area (Å²) in [4.78, 5) is 36.8. The van der Waals surface area contributed by atoms with Crippen LogP contribution in [0.5, 0.6) is 0 Å². The fourth-order valence-corrected chi connectivity index (χ4v) is 5.03. The SMILES string of the molecule is COC(=O)c1scc(NC(=O)[C@H]2CC[C@H](NS(=O)(=O)C(C)(C)C)CC2)c1C(=O)OC. The van der Waals surface area contributed by atoms with Crippen molar-refractivity contribution in [2.75, 3.05) is 19.5 Å². The molecular formula is C19H28N2O7S2. The molecule has 0 bridgehead atoms. The van der Waals surface area contributed by atoms with Gasteiger partial charge in [0, 0.05) is 17.3 Å². The van der Waals surface area contributed by atoms with Crippen molar-refractivity contribution in [1.29, 1.82) is 0 Å². The van der Waals surface area contributed by atoms with Gasteiger partial charge in [-0.15, -0.1) is 11.3 Å². The number of nitrogens with one attached hydrogen (secondary N) is 2. The zero-order chi connectivity index (χ0) is 22.7. The van der Waals surface area contributed by atoms with Gasteiger partial charge >= 0.3 is 11.9 Å². The summed E-state index contributed by atoms with van der Waals surface area (Å²) < 4.78 is 35.9. The minimum atomic E-state index is -3.45. The van der Waals surface area contributed by atoms with Gasteiger partial charge in [0.1, 0.15) is 10.4 Å². The second-order valence-corrected chi connectivity index (χ2v) is 11.5. The quantitative estimate of drug-likeness (QED) is 0.624. The summed E-state index contributed by atoms with van der Waals surface area (Å²) >= 11 is 0.983. The maximum Gasteiger partial charge on any atom is 0.349 e. The molecule has 1 fully saturated rings. The number of ether oxygens (including phenoxy) is 2. The van der Waals surface area contributed by atoms with Crippen LogP contribution in [0.1, 0.15) is 66.5 Å². The van der Waals surface area contributed by atoms with E-state index < -0.39 is 26.7 Å². The topological polar surface area (TPSA) is 128 Å². The summed E-state index contributed by atoms with van der Waals surface area (Å²) in [6, 6.07) is -0.212. The molecule has 2 rings (SSSR count). The van der Waals surface area contributed by atoms with Crippen LogP contribution < -0.4 is 10.0 Å². The molecule has 0 aromatic carbocycles. The first kappa shape index (κ1) is 24.3. The van der Waals surface area contributed by atoms with Crippen molar-refractivity contribution in [3.63, 3.8) is 0 Å². The molecule has 168 valence electrons. The monoisotopic (exact) mass is 460 g/mol. The number of amides is 1. The van der Waals surface area contributed by atoms with Gasteiger partial charge in [-0.25, -0.2) is 22.7 Å². The van der Waals surface area contributed by atoms with Gasteiger partial charge in [-0.2, -0.15) is 0 Å². The van der Waals surface area contributed by atoms with E-state index >= 15 is 0 Å². The van der Waals surface area contributed by atoms with E-state index in [0.29, 0.717) is 25.7 Å². The van der Waals surface area contributed by atoms with Crippen molar-refractivity contribution in [3.8, 4) is 0 Å². The first-order valence-electron chi connectivity index (χ1n) is 9.52. The predicted molar refractivity (Wildman–Crippen MR) is 113 cm³/mol. The number of carbonyl (C=O) groups is 3. The van der Waals surface area contributed by atoms with Gasteiger partial charge in [0.05, 0.1) is 24.7 Å². The van der Waals surface area contributed by atoms with Gasteiger partial charge in [0.2, 0.25) is 15.9 Å². The Hall–Kier alpha value is -1.98. The molecule has 0 aliphatic heterocycles. The van der Waals surface area contributed by atoms with E-state index in [1.165, 1.54) is 19.6 Å². The Morgan fingerprint density at radius 3 is 2.10 bits per heavy atom. The summed E-state index contributed by atoms with van der Waals surface area (Å²) in [6.07, 6.45) is 2.08. The van der Waals surface area contributed by atoms with Crippen molar-refractivity contribution >= 4 is 44.9 Å². The van der Waals surface area contributed by atoms with Gasteiger partial charge in [-0.05, 0) is 46.5 Å². The first-order chi connectivity index (χ1) is 13.9. The molecule has 1 aliphatic carbocycles. The van der Waals surface area contributed by atoms with Crippen LogP contribution in [0.3, 0.4) is 0 Å². The van der Waals surface area contributed by atoms with Gasteiger partial charge in [-0.1, -0.05) is 0 Å². The molecule has 1 saturated carbocycles. The Balaban J connectivity index is 2.04. The number of hydrogen-bond donors (Lipinski definition) is 2. The Bertz CT molecular complexity index is 908. The number of rotatable bonds is 6. The van der Waals surface area contributed by atoms with E-state index in [1.807, 2.05) is 0 Å². The molecule has 1 aromatic rings. The third-order valence-corrected chi connectivity index (χ3v) is 8.25. The van der Waals surface area contributed by atoms with Crippen LogP contribution in [0, 0.1) is 5.92 Å². The van der Waals surface area contributed by atoms with E-state index in [0.717, 1.165) is 11.3 Å². The smallest absolute Gasteiger partial charge is 0.349 e. The van der Waals surface area contributed by atoms with Crippen molar-refractivity contribution in [3.05, 3.63) is 15.8 Å². The molecule has 0 saturated heterocycles. The first-order valence-corrected chi connectivity index (χ1v) is 11.9. The third kappa shape index (κ3) is 5.38. The minimum absolute atomic E-state index is 0.0330. The fourth-order valence-electron chi connectivity index (χ4n) is 3.10. The lowest BCUT2D eigenvalue weighted by Crippen LogP contribution is -2.46. The number of hydrogen-bond acceptors (Lipinski definition) is 8. The zero-order valence-corrected chi connectivity index (χ0v) is 19.4. The summed E-state index contributed by atoms with van der Waals surface area (Å²) in [5.74, 6) is -2.04. The van der Waals surface area contributed by atoms with Crippen LogP contribution in [0.2, 0.25) is 0 Å². The van der Waals surface area contributed by atoms with E-state index in [2.05, 4.69) is 14.8 Å². The van der Waals surface area contributed by atoms with Gasteiger partial charge in [0.15, 0.2) is 0 Å². The van der Waals surface area contributed by atoms with Crippen molar-refractivity contribution in [1.82, 2.24) is 4.72 Å². The molecule has 30 heavy (non-hydrogen) atoms. The van der Waals surface area contributed by atoms with Crippen LogP contribution >= 0.6 is 11.3 Å². The van der Waals surface area contributed by atoms with Crippen LogP contribution in [0.4, 0.5) is 5.69 Å². The standard InChI is InChI=1S/C19H28N2O7S2/c1-19(2,3)30(25,26)21-12-8-6-11(7-9-12)16(22)20-13-10-29-15(18(24)28-5)14(13)17(23)27-4/h10-12,21H,6-9H2,1-5H3,(H,20,22)/t11-,12-. The number of thiophene rings is 1. The second-order valence-electron chi connectivity index (χ2n) is 8.11. The molecule has 1 aliphatic rings. The largest absolute Gasteiger partial charge is 0.465 e. The number of anilines is 1. The highest BCUT2D eigenvalue weighted by Crippen LogP contribution is 2.32. The fraction of sp³-hybridized carbons (Fsp3) is 0.632. The lowest BCUT2D eigenvalue weighted by Gasteiger charge is -2.30. The lowest BCUT2D eigenvalue weighted by atomic mass is 9.86. The molecule has 1 amide bonds. The Labute approximate surface area is 180 Å². The Morgan fingerprint density at radius 1 is 1.03 bits per heavy atom. The number of esters is 2. The molecule has 0 spiro atoms. The Morgan fingerprint density at radius 2 is 1.60 bits per heavy atom. The average Bonchev–Trinajstić information content (AvgIpc) is 3.09. The molecule has 1 aromatic heterocycles. The van der Waals surface area contributed by atoms with E-state index in [-0.39, 0.29) is 34.0 Å².